The average Bonchev–Trinajstić information content (AvgIpc) is 3.05. The highest BCUT2D eigenvalue weighted by atomic mass is 16.5. The van der Waals surface area contributed by atoms with Crippen LogP contribution in [0.4, 0.5) is 5.69 Å². The number of para-hydroxylation sites is 1. The monoisotopic (exact) mass is 490 g/mol. The van der Waals surface area contributed by atoms with Gasteiger partial charge in [-0.1, -0.05) is 30.0 Å². The van der Waals surface area contributed by atoms with Gasteiger partial charge in [-0.25, -0.2) is 0 Å². The zero-order valence-electron chi connectivity index (χ0n) is 19.9. The third-order valence-electron chi connectivity index (χ3n) is 5.88. The highest BCUT2D eigenvalue weighted by Crippen LogP contribution is 2.31. The molecule has 3 heterocycles. The molecule has 2 amide bonds. The van der Waals surface area contributed by atoms with Crippen molar-refractivity contribution in [1.82, 2.24) is 14.9 Å². The van der Waals surface area contributed by atoms with Crippen LogP contribution in [-0.4, -0.2) is 41.1 Å². The number of hydrogen-bond acceptors (Lipinski definition) is 5. The highest BCUT2D eigenvalue weighted by molar-refractivity contribution is 6.03. The van der Waals surface area contributed by atoms with Crippen LogP contribution in [0.15, 0.2) is 96.2 Å². The maximum atomic E-state index is 13.2. The number of fused-ring (bicyclic) bond motifs is 1. The number of likely N-dealkylation sites (N-methyl/N-ethyl adjacent to an activating group) is 1. The van der Waals surface area contributed by atoms with Crippen molar-refractivity contribution in [3.8, 4) is 23.3 Å². The Morgan fingerprint density at radius 2 is 1.81 bits per heavy atom. The van der Waals surface area contributed by atoms with E-state index in [9.17, 15) is 14.4 Å². The van der Waals surface area contributed by atoms with E-state index in [1.54, 1.807) is 55.8 Å². The van der Waals surface area contributed by atoms with Crippen molar-refractivity contribution in [2.45, 2.75) is 6.04 Å². The summed E-state index contributed by atoms with van der Waals surface area (Å²) in [6.45, 7) is -0.0407. The Kier molecular flexibility index (Phi) is 6.51. The number of rotatable bonds is 3. The summed E-state index contributed by atoms with van der Waals surface area (Å²) in [6.07, 6.45) is 4.82. The molecule has 0 fully saturated rings. The fourth-order valence-corrected chi connectivity index (χ4v) is 3.91. The van der Waals surface area contributed by atoms with Gasteiger partial charge in [0.05, 0.1) is 11.3 Å². The van der Waals surface area contributed by atoms with E-state index in [0.29, 0.717) is 22.7 Å². The largest absolute Gasteiger partial charge is 0.489 e. The summed E-state index contributed by atoms with van der Waals surface area (Å²) in [4.78, 5) is 44.1. The molecule has 1 aliphatic heterocycles. The molecule has 8 nitrogen and oxygen atoms in total. The fourth-order valence-electron chi connectivity index (χ4n) is 3.91. The van der Waals surface area contributed by atoms with Gasteiger partial charge >= 0.3 is 0 Å². The van der Waals surface area contributed by atoms with Crippen molar-refractivity contribution in [2.75, 3.05) is 18.6 Å². The second-order valence-corrected chi connectivity index (χ2v) is 8.37. The predicted molar refractivity (Wildman–Crippen MR) is 139 cm³/mol. The lowest BCUT2D eigenvalue weighted by Gasteiger charge is -2.20. The number of nitrogens with one attached hydrogen (secondary N) is 1. The molecule has 4 aromatic rings. The van der Waals surface area contributed by atoms with Gasteiger partial charge in [0.2, 0.25) is 0 Å². The molecule has 37 heavy (non-hydrogen) atoms. The van der Waals surface area contributed by atoms with Crippen LogP contribution in [0, 0.1) is 11.8 Å². The number of hydrogen-bond donors (Lipinski definition) is 1. The van der Waals surface area contributed by atoms with Crippen LogP contribution in [0.25, 0.3) is 5.69 Å². The van der Waals surface area contributed by atoms with E-state index >= 15 is 0 Å². The molecular formula is C29H22N4O4. The summed E-state index contributed by atoms with van der Waals surface area (Å²) in [5.41, 5.74) is 2.64. The minimum atomic E-state index is -0.924. The molecule has 2 aromatic carbocycles. The van der Waals surface area contributed by atoms with Crippen LogP contribution in [0.5, 0.6) is 5.75 Å². The zero-order chi connectivity index (χ0) is 25.8. The van der Waals surface area contributed by atoms with E-state index < -0.39 is 11.9 Å². The molecule has 1 aliphatic rings. The summed E-state index contributed by atoms with van der Waals surface area (Å²) in [6, 6.07) is 19.8. The standard InChI is InChI=1S/C29H22N4O4/c1-32-25-16-20(9-10-21-6-5-15-30-17-21)11-13-26(25)37-19-24(29(32)36)31-28(35)22-12-14-27(34)33(18-22)23-7-3-2-4-8-23/h2-8,11-18,24H,19H2,1H3,(H,31,35)/t24-/m0/s1. The number of pyridine rings is 2. The Morgan fingerprint density at radius 1 is 1.00 bits per heavy atom. The molecule has 1 N–H and O–H groups in total. The van der Waals surface area contributed by atoms with Crippen LogP contribution >= 0.6 is 0 Å². The maximum absolute atomic E-state index is 13.2. The lowest BCUT2D eigenvalue weighted by Crippen LogP contribution is -2.49. The van der Waals surface area contributed by atoms with Gasteiger partial charge < -0.3 is 15.0 Å². The summed E-state index contributed by atoms with van der Waals surface area (Å²) >= 11 is 0. The van der Waals surface area contributed by atoms with Crippen LogP contribution in [0.3, 0.4) is 0 Å². The molecule has 2 aromatic heterocycles. The highest BCUT2D eigenvalue weighted by Gasteiger charge is 2.31. The van der Waals surface area contributed by atoms with Crippen LogP contribution in [0.1, 0.15) is 21.5 Å². The number of carbonyl (C=O) groups is 2. The number of amides is 2. The predicted octanol–water partition coefficient (Wildman–Crippen LogP) is 2.79. The molecule has 0 saturated carbocycles. The Bertz CT molecular complexity index is 1590. The van der Waals surface area contributed by atoms with E-state index in [1.165, 1.54) is 27.8 Å². The first kappa shape index (κ1) is 23.6. The number of aromatic nitrogens is 2. The lowest BCUT2D eigenvalue weighted by molar-refractivity contribution is -0.120. The Morgan fingerprint density at radius 3 is 2.59 bits per heavy atom. The molecule has 8 heteroatoms. The van der Waals surface area contributed by atoms with Crippen molar-refractivity contribution in [3.05, 3.63) is 118 Å². The van der Waals surface area contributed by atoms with Gasteiger partial charge in [0, 0.05) is 48.5 Å². The van der Waals surface area contributed by atoms with Gasteiger partial charge in [-0.2, -0.15) is 0 Å². The third-order valence-corrected chi connectivity index (χ3v) is 5.88. The van der Waals surface area contributed by atoms with E-state index in [2.05, 4.69) is 22.1 Å². The minimum Gasteiger partial charge on any atom is -0.489 e. The first-order valence-electron chi connectivity index (χ1n) is 11.5. The second-order valence-electron chi connectivity index (χ2n) is 8.37. The fraction of sp³-hybridized carbons (Fsp3) is 0.103. The van der Waals surface area contributed by atoms with Gasteiger partial charge in [0.25, 0.3) is 17.4 Å². The second kappa shape index (κ2) is 10.2. The molecule has 0 unspecified atom stereocenters. The van der Waals surface area contributed by atoms with Gasteiger partial charge in [-0.15, -0.1) is 0 Å². The van der Waals surface area contributed by atoms with Crippen molar-refractivity contribution in [2.24, 2.45) is 0 Å². The molecule has 1 atom stereocenters. The van der Waals surface area contributed by atoms with Gasteiger partial charge in [-0.05, 0) is 48.5 Å². The van der Waals surface area contributed by atoms with Gasteiger partial charge in [0.1, 0.15) is 18.4 Å². The third kappa shape index (κ3) is 5.11. The van der Waals surface area contributed by atoms with Gasteiger partial charge in [0.15, 0.2) is 0 Å². The van der Waals surface area contributed by atoms with E-state index in [0.717, 1.165) is 5.56 Å². The Labute approximate surface area is 213 Å². The van der Waals surface area contributed by atoms with Crippen LogP contribution < -0.4 is 20.5 Å². The quantitative estimate of drug-likeness (QED) is 0.446. The smallest absolute Gasteiger partial charge is 0.255 e. The number of ether oxygens (including phenoxy) is 1. The summed E-state index contributed by atoms with van der Waals surface area (Å²) in [5, 5.41) is 2.74. The molecule has 0 spiro atoms. The minimum absolute atomic E-state index is 0.0407. The summed E-state index contributed by atoms with van der Waals surface area (Å²) < 4.78 is 7.26. The van der Waals surface area contributed by atoms with E-state index in [4.69, 9.17) is 4.74 Å². The zero-order valence-corrected chi connectivity index (χ0v) is 19.9. The normalized spacial score (nSPS) is 14.5. The molecular weight excluding hydrogens is 468 g/mol. The van der Waals surface area contributed by atoms with E-state index in [1.807, 2.05) is 24.3 Å². The van der Waals surface area contributed by atoms with Crippen LogP contribution in [0.2, 0.25) is 0 Å². The number of anilines is 1. The molecule has 5 rings (SSSR count). The van der Waals surface area contributed by atoms with Crippen molar-refractivity contribution in [3.63, 3.8) is 0 Å². The average molecular weight is 491 g/mol. The number of carbonyl (C=O) groups excluding carboxylic acids is 2. The number of nitrogens with zero attached hydrogens (tertiary/aromatic N) is 3. The molecule has 0 radical (unpaired) electrons. The van der Waals surface area contributed by atoms with Crippen molar-refractivity contribution >= 4 is 17.5 Å². The SMILES string of the molecule is CN1C(=O)[C@@H](NC(=O)c2ccc(=O)n(-c3ccccc3)c2)COc2ccc(C#Cc3cccnc3)cc21. The first-order chi connectivity index (χ1) is 18.0. The summed E-state index contributed by atoms with van der Waals surface area (Å²) in [5.74, 6) is 5.81. The first-order valence-corrected chi connectivity index (χ1v) is 11.5. The van der Waals surface area contributed by atoms with Crippen LogP contribution in [-0.2, 0) is 4.79 Å². The van der Waals surface area contributed by atoms with Gasteiger partial charge in [-0.3, -0.25) is 23.9 Å². The maximum Gasteiger partial charge on any atom is 0.255 e. The lowest BCUT2D eigenvalue weighted by atomic mass is 10.1. The summed E-state index contributed by atoms with van der Waals surface area (Å²) in [7, 11) is 1.63. The molecule has 0 bridgehead atoms. The van der Waals surface area contributed by atoms with Crippen molar-refractivity contribution < 1.29 is 14.3 Å². The Balaban J connectivity index is 1.35. The topological polar surface area (TPSA) is 93.5 Å². The molecule has 0 aliphatic carbocycles. The molecule has 182 valence electrons. The molecule has 0 saturated heterocycles. The number of benzene rings is 2. The van der Waals surface area contributed by atoms with E-state index in [-0.39, 0.29) is 23.6 Å². The van der Waals surface area contributed by atoms with Crippen molar-refractivity contribution in [1.29, 1.82) is 0 Å². The Hall–Kier alpha value is -5.16.